The van der Waals surface area contributed by atoms with Crippen LogP contribution in [-0.4, -0.2) is 84.5 Å². The van der Waals surface area contributed by atoms with Gasteiger partial charge < -0.3 is 15.1 Å². The highest BCUT2D eigenvalue weighted by molar-refractivity contribution is 14.0. The molecule has 4 rings (SSSR count). The SMILES string of the molecule is CCNC(=NCC1CCN(Cc2csc(C)n2)CC1)N1CCC(CN2CCCCC2)C1.I. The van der Waals surface area contributed by atoms with Crippen molar-refractivity contribution in [2.24, 2.45) is 16.8 Å². The molecule has 3 fully saturated rings. The molecule has 0 radical (unpaired) electrons. The number of hydrogen-bond acceptors (Lipinski definition) is 5. The first-order valence-electron chi connectivity index (χ1n) is 12.6. The molecule has 1 unspecified atom stereocenters. The molecule has 1 N–H and O–H groups in total. The Morgan fingerprint density at radius 3 is 2.50 bits per heavy atom. The number of rotatable bonds is 7. The summed E-state index contributed by atoms with van der Waals surface area (Å²) >= 11 is 1.76. The Bertz CT molecular complexity index is 696. The van der Waals surface area contributed by atoms with Gasteiger partial charge in [-0.3, -0.25) is 9.89 Å². The van der Waals surface area contributed by atoms with E-state index in [4.69, 9.17) is 4.99 Å². The lowest BCUT2D eigenvalue weighted by Gasteiger charge is -2.31. The molecule has 1 aromatic rings. The Hall–Kier alpha value is -0.450. The van der Waals surface area contributed by atoms with Crippen LogP contribution in [0.15, 0.2) is 10.4 Å². The van der Waals surface area contributed by atoms with Crippen molar-refractivity contribution in [2.45, 2.75) is 58.9 Å². The minimum atomic E-state index is 0. The maximum absolute atomic E-state index is 5.10. The van der Waals surface area contributed by atoms with Crippen molar-refractivity contribution in [2.75, 3.05) is 58.9 Å². The van der Waals surface area contributed by atoms with Crippen LogP contribution in [0.2, 0.25) is 0 Å². The molecular weight excluding hydrogens is 531 g/mol. The molecule has 0 bridgehead atoms. The van der Waals surface area contributed by atoms with Crippen LogP contribution in [0.1, 0.15) is 56.2 Å². The van der Waals surface area contributed by atoms with E-state index in [0.29, 0.717) is 5.92 Å². The molecule has 0 aliphatic carbocycles. The largest absolute Gasteiger partial charge is 0.357 e. The van der Waals surface area contributed by atoms with E-state index in [-0.39, 0.29) is 24.0 Å². The molecule has 32 heavy (non-hydrogen) atoms. The van der Waals surface area contributed by atoms with Gasteiger partial charge in [0, 0.05) is 44.6 Å². The van der Waals surface area contributed by atoms with Crippen LogP contribution in [0.25, 0.3) is 0 Å². The van der Waals surface area contributed by atoms with Gasteiger partial charge in [0.1, 0.15) is 0 Å². The van der Waals surface area contributed by atoms with Gasteiger partial charge in [-0.05, 0) is 84.0 Å². The molecule has 0 saturated carbocycles. The predicted octanol–water partition coefficient (Wildman–Crippen LogP) is 4.05. The first-order valence-corrected chi connectivity index (χ1v) is 13.5. The lowest BCUT2D eigenvalue weighted by atomic mass is 9.97. The van der Waals surface area contributed by atoms with Gasteiger partial charge in [0.05, 0.1) is 10.7 Å². The number of aromatic nitrogens is 1. The van der Waals surface area contributed by atoms with Crippen molar-refractivity contribution in [1.29, 1.82) is 0 Å². The summed E-state index contributed by atoms with van der Waals surface area (Å²) in [6.07, 6.45) is 8.03. The maximum atomic E-state index is 5.10. The Morgan fingerprint density at radius 2 is 1.81 bits per heavy atom. The Balaban J connectivity index is 0.00000289. The Labute approximate surface area is 216 Å². The number of thiazole rings is 1. The monoisotopic (exact) mass is 574 g/mol. The zero-order chi connectivity index (χ0) is 21.5. The molecule has 0 amide bonds. The highest BCUT2D eigenvalue weighted by Gasteiger charge is 2.27. The van der Waals surface area contributed by atoms with Crippen LogP contribution in [-0.2, 0) is 6.54 Å². The fourth-order valence-corrected chi connectivity index (χ4v) is 5.96. The van der Waals surface area contributed by atoms with Gasteiger partial charge in [0.15, 0.2) is 5.96 Å². The van der Waals surface area contributed by atoms with Crippen molar-refractivity contribution < 1.29 is 0 Å². The third kappa shape index (κ3) is 7.81. The van der Waals surface area contributed by atoms with Crippen molar-refractivity contribution in [3.63, 3.8) is 0 Å². The summed E-state index contributed by atoms with van der Waals surface area (Å²) in [6, 6.07) is 0. The quantitative estimate of drug-likeness (QED) is 0.303. The summed E-state index contributed by atoms with van der Waals surface area (Å²) in [5, 5.41) is 6.96. The van der Waals surface area contributed by atoms with Crippen LogP contribution >= 0.6 is 35.3 Å². The minimum absolute atomic E-state index is 0. The van der Waals surface area contributed by atoms with Gasteiger partial charge in [-0.15, -0.1) is 35.3 Å². The van der Waals surface area contributed by atoms with Crippen LogP contribution in [0.4, 0.5) is 0 Å². The summed E-state index contributed by atoms with van der Waals surface area (Å²) in [6.45, 7) is 15.8. The topological polar surface area (TPSA) is 47.0 Å². The molecule has 1 atom stereocenters. The van der Waals surface area contributed by atoms with Crippen LogP contribution in [0.5, 0.6) is 0 Å². The van der Waals surface area contributed by atoms with Gasteiger partial charge in [0.25, 0.3) is 0 Å². The van der Waals surface area contributed by atoms with Gasteiger partial charge in [0.2, 0.25) is 0 Å². The predicted molar refractivity (Wildman–Crippen MR) is 146 cm³/mol. The lowest BCUT2D eigenvalue weighted by Crippen LogP contribution is -2.42. The first-order chi connectivity index (χ1) is 15.2. The number of nitrogens with one attached hydrogen (secondary N) is 1. The zero-order valence-electron chi connectivity index (χ0n) is 20.1. The highest BCUT2D eigenvalue weighted by atomic mass is 127. The fraction of sp³-hybridized carbons (Fsp3) is 0.833. The van der Waals surface area contributed by atoms with E-state index in [1.807, 2.05) is 0 Å². The number of aliphatic imine (C=N–C) groups is 1. The van der Waals surface area contributed by atoms with Crippen LogP contribution in [0.3, 0.4) is 0 Å². The third-order valence-electron chi connectivity index (χ3n) is 7.14. The van der Waals surface area contributed by atoms with Gasteiger partial charge in [-0.25, -0.2) is 4.98 Å². The van der Waals surface area contributed by atoms with Crippen molar-refractivity contribution in [3.8, 4) is 0 Å². The van der Waals surface area contributed by atoms with Gasteiger partial charge in [-0.2, -0.15) is 0 Å². The average Bonchev–Trinajstić information content (AvgIpc) is 3.42. The Morgan fingerprint density at radius 1 is 1.06 bits per heavy atom. The Kier molecular flexibility index (Phi) is 11.0. The maximum Gasteiger partial charge on any atom is 0.193 e. The van der Waals surface area contributed by atoms with E-state index in [2.05, 4.69) is 44.2 Å². The number of aryl methyl sites for hydroxylation is 1. The summed E-state index contributed by atoms with van der Waals surface area (Å²) in [7, 11) is 0. The number of guanidine groups is 1. The van der Waals surface area contributed by atoms with Crippen LogP contribution in [0, 0.1) is 18.8 Å². The summed E-state index contributed by atoms with van der Waals surface area (Å²) in [4.78, 5) is 17.5. The standard InChI is InChI=1S/C24H42N6S.HI/c1-3-25-24(30-14-9-22(17-30)16-28-10-5-4-6-11-28)26-15-21-7-12-29(13-8-21)18-23-19-31-20(2)27-23;/h19,21-22H,3-18H2,1-2H3,(H,25,26);1H. The number of halogens is 1. The molecule has 4 heterocycles. The third-order valence-corrected chi connectivity index (χ3v) is 7.97. The molecule has 182 valence electrons. The lowest BCUT2D eigenvalue weighted by molar-refractivity contribution is 0.179. The van der Waals surface area contributed by atoms with E-state index >= 15 is 0 Å². The molecule has 8 heteroatoms. The summed E-state index contributed by atoms with van der Waals surface area (Å²) in [5.41, 5.74) is 1.24. The van der Waals surface area contributed by atoms with E-state index in [0.717, 1.165) is 38.1 Å². The fourth-order valence-electron chi connectivity index (χ4n) is 5.36. The van der Waals surface area contributed by atoms with Gasteiger partial charge in [-0.1, -0.05) is 6.42 Å². The average molecular weight is 575 g/mol. The number of likely N-dealkylation sites (tertiary alicyclic amines) is 3. The number of nitrogens with zero attached hydrogens (tertiary/aromatic N) is 5. The second-order valence-corrected chi connectivity index (χ2v) is 10.8. The summed E-state index contributed by atoms with van der Waals surface area (Å²) in [5.74, 6) is 2.68. The first kappa shape index (κ1) is 26.2. The van der Waals surface area contributed by atoms with E-state index in [1.54, 1.807) is 11.3 Å². The second-order valence-electron chi connectivity index (χ2n) is 9.73. The molecule has 0 aromatic carbocycles. The van der Waals surface area contributed by atoms with Crippen molar-refractivity contribution >= 4 is 41.3 Å². The molecule has 3 aliphatic rings. The molecule has 6 nitrogen and oxygen atoms in total. The van der Waals surface area contributed by atoms with Crippen molar-refractivity contribution in [3.05, 3.63) is 16.1 Å². The van der Waals surface area contributed by atoms with E-state index in [1.165, 1.54) is 88.5 Å². The zero-order valence-corrected chi connectivity index (χ0v) is 23.2. The molecular formula is C24H43IN6S. The smallest absolute Gasteiger partial charge is 0.193 e. The second kappa shape index (κ2) is 13.4. The highest BCUT2D eigenvalue weighted by Crippen LogP contribution is 2.22. The molecule has 3 saturated heterocycles. The van der Waals surface area contributed by atoms with Crippen LogP contribution < -0.4 is 5.32 Å². The van der Waals surface area contributed by atoms with E-state index < -0.39 is 0 Å². The number of piperidine rings is 2. The number of hydrogen-bond donors (Lipinski definition) is 1. The van der Waals surface area contributed by atoms with Crippen molar-refractivity contribution in [1.82, 2.24) is 25.0 Å². The minimum Gasteiger partial charge on any atom is -0.357 e. The molecule has 1 aromatic heterocycles. The normalized spacial score (nSPS) is 24.0. The molecule has 0 spiro atoms. The van der Waals surface area contributed by atoms with E-state index in [9.17, 15) is 0 Å². The van der Waals surface area contributed by atoms with Gasteiger partial charge >= 0.3 is 0 Å². The molecule has 3 aliphatic heterocycles. The summed E-state index contributed by atoms with van der Waals surface area (Å²) < 4.78 is 0.